The summed E-state index contributed by atoms with van der Waals surface area (Å²) in [5.41, 5.74) is 0.304. The van der Waals surface area contributed by atoms with Crippen molar-refractivity contribution in [2.45, 2.75) is 19.9 Å². The number of amides is 1. The summed E-state index contributed by atoms with van der Waals surface area (Å²) in [5.74, 6) is -1.17. The molecule has 0 spiro atoms. The van der Waals surface area contributed by atoms with Crippen LogP contribution in [0.1, 0.15) is 22.6 Å². The van der Waals surface area contributed by atoms with Gasteiger partial charge in [-0.05, 0) is 13.3 Å². The maximum atomic E-state index is 11.6. The third kappa shape index (κ3) is 1.75. The molecule has 2 heterocycles. The average Bonchev–Trinajstić information content (AvgIpc) is 2.44. The molecule has 2 rings (SSSR count). The van der Waals surface area contributed by atoms with Gasteiger partial charge in [-0.2, -0.15) is 0 Å². The van der Waals surface area contributed by atoms with Gasteiger partial charge in [0.05, 0.1) is 5.69 Å². The van der Waals surface area contributed by atoms with Crippen molar-refractivity contribution in [1.29, 1.82) is 0 Å². The zero-order valence-corrected chi connectivity index (χ0v) is 8.88. The van der Waals surface area contributed by atoms with Crippen LogP contribution in [-0.2, 0) is 11.3 Å². The molecule has 0 atom stereocenters. The maximum Gasteiger partial charge on any atom is 0.358 e. The molecule has 0 bridgehead atoms. The number of hydrogen-bond donors (Lipinski definition) is 1. The fourth-order valence-corrected chi connectivity index (χ4v) is 1.50. The Balaban J connectivity index is 2.09. The number of aromatic nitrogens is 3. The Hall–Kier alpha value is -1.92. The van der Waals surface area contributed by atoms with E-state index in [4.69, 9.17) is 5.11 Å². The Bertz CT molecular complexity index is 436. The van der Waals surface area contributed by atoms with Gasteiger partial charge in [0.2, 0.25) is 5.91 Å². The second kappa shape index (κ2) is 3.92. The first-order chi connectivity index (χ1) is 7.59. The lowest BCUT2D eigenvalue weighted by molar-refractivity contribution is -0.135. The van der Waals surface area contributed by atoms with E-state index in [1.54, 1.807) is 11.8 Å². The minimum absolute atomic E-state index is 0.0452. The molecule has 7 heteroatoms. The summed E-state index contributed by atoms with van der Waals surface area (Å²) < 4.78 is 1.32. The molecule has 7 nitrogen and oxygen atoms in total. The largest absolute Gasteiger partial charge is 0.476 e. The van der Waals surface area contributed by atoms with Crippen molar-refractivity contribution in [3.05, 3.63) is 11.4 Å². The van der Waals surface area contributed by atoms with Crippen molar-refractivity contribution < 1.29 is 14.7 Å². The molecule has 0 radical (unpaired) electrons. The summed E-state index contributed by atoms with van der Waals surface area (Å²) >= 11 is 0. The third-order valence-corrected chi connectivity index (χ3v) is 2.68. The smallest absolute Gasteiger partial charge is 0.358 e. The van der Waals surface area contributed by atoms with Crippen LogP contribution in [0.4, 0.5) is 0 Å². The van der Waals surface area contributed by atoms with Crippen molar-refractivity contribution >= 4 is 11.9 Å². The van der Waals surface area contributed by atoms with Crippen LogP contribution in [0.2, 0.25) is 0 Å². The Morgan fingerprint density at radius 1 is 1.44 bits per heavy atom. The number of carbonyl (C=O) groups excluding carboxylic acids is 1. The van der Waals surface area contributed by atoms with Gasteiger partial charge >= 0.3 is 5.97 Å². The summed E-state index contributed by atoms with van der Waals surface area (Å²) in [6, 6.07) is 0. The molecular weight excluding hydrogens is 212 g/mol. The van der Waals surface area contributed by atoms with E-state index in [-0.39, 0.29) is 18.1 Å². The van der Waals surface area contributed by atoms with E-state index in [1.807, 2.05) is 0 Å². The molecule has 0 aliphatic carbocycles. The summed E-state index contributed by atoms with van der Waals surface area (Å²) in [5, 5.41) is 15.9. The molecule has 1 aliphatic heterocycles. The van der Waals surface area contributed by atoms with Crippen LogP contribution in [-0.4, -0.2) is 50.0 Å². The van der Waals surface area contributed by atoms with Gasteiger partial charge in [-0.3, -0.25) is 4.79 Å². The monoisotopic (exact) mass is 224 g/mol. The normalized spacial score (nSPS) is 14.7. The Kier molecular flexibility index (Phi) is 2.59. The number of carboxylic acid groups (broad SMARTS) is 1. The SMILES string of the molecule is Cc1c(C(=O)O)nnn1CC(=O)N1CCC1. The van der Waals surface area contributed by atoms with E-state index in [0.29, 0.717) is 5.69 Å². The van der Waals surface area contributed by atoms with Gasteiger partial charge in [0.15, 0.2) is 5.69 Å². The zero-order valence-electron chi connectivity index (χ0n) is 8.88. The Morgan fingerprint density at radius 3 is 2.56 bits per heavy atom. The standard InChI is InChI=1S/C9H12N4O3/c1-6-8(9(15)16)10-11-13(6)5-7(14)12-3-2-4-12/h2-5H2,1H3,(H,15,16). The number of rotatable bonds is 3. The number of carbonyl (C=O) groups is 2. The second-order valence-corrected chi connectivity index (χ2v) is 3.72. The van der Waals surface area contributed by atoms with E-state index < -0.39 is 5.97 Å². The van der Waals surface area contributed by atoms with Crippen LogP contribution in [0.15, 0.2) is 0 Å². The number of carboxylic acids is 1. The van der Waals surface area contributed by atoms with Gasteiger partial charge in [-0.1, -0.05) is 5.21 Å². The fraction of sp³-hybridized carbons (Fsp3) is 0.556. The maximum absolute atomic E-state index is 11.6. The van der Waals surface area contributed by atoms with Gasteiger partial charge in [-0.25, -0.2) is 9.48 Å². The van der Waals surface area contributed by atoms with Crippen LogP contribution in [0.25, 0.3) is 0 Å². The lowest BCUT2D eigenvalue weighted by Crippen LogP contribution is -2.43. The molecule has 1 fully saturated rings. The molecule has 16 heavy (non-hydrogen) atoms. The summed E-state index contributed by atoms with van der Waals surface area (Å²) in [6.45, 7) is 3.20. The van der Waals surface area contributed by atoms with Gasteiger partial charge in [0.1, 0.15) is 6.54 Å². The molecule has 86 valence electrons. The molecule has 1 aromatic heterocycles. The summed E-state index contributed by atoms with van der Waals surface area (Å²) in [7, 11) is 0. The minimum atomic E-state index is -1.12. The minimum Gasteiger partial charge on any atom is -0.476 e. The van der Waals surface area contributed by atoms with Crippen molar-refractivity contribution in [2.75, 3.05) is 13.1 Å². The highest BCUT2D eigenvalue weighted by molar-refractivity contribution is 5.86. The fourth-order valence-electron chi connectivity index (χ4n) is 1.50. The van der Waals surface area contributed by atoms with Gasteiger partial charge in [0, 0.05) is 13.1 Å². The molecule has 1 amide bonds. The number of nitrogens with zero attached hydrogens (tertiary/aromatic N) is 4. The van der Waals surface area contributed by atoms with Gasteiger partial charge in [0.25, 0.3) is 0 Å². The number of likely N-dealkylation sites (tertiary alicyclic amines) is 1. The highest BCUT2D eigenvalue weighted by Gasteiger charge is 2.22. The number of hydrogen-bond acceptors (Lipinski definition) is 4. The zero-order chi connectivity index (χ0) is 11.7. The van der Waals surface area contributed by atoms with Crippen molar-refractivity contribution in [2.24, 2.45) is 0 Å². The van der Waals surface area contributed by atoms with Crippen molar-refractivity contribution in [3.8, 4) is 0 Å². The van der Waals surface area contributed by atoms with Crippen LogP contribution in [0.5, 0.6) is 0 Å². The van der Waals surface area contributed by atoms with E-state index in [0.717, 1.165) is 19.5 Å². The molecule has 0 unspecified atom stereocenters. The topological polar surface area (TPSA) is 88.3 Å². The van der Waals surface area contributed by atoms with Crippen LogP contribution < -0.4 is 0 Å². The van der Waals surface area contributed by atoms with Crippen LogP contribution in [0.3, 0.4) is 0 Å². The van der Waals surface area contributed by atoms with E-state index in [1.165, 1.54) is 4.68 Å². The molecule has 1 aliphatic rings. The second-order valence-electron chi connectivity index (χ2n) is 3.72. The first-order valence-electron chi connectivity index (χ1n) is 5.00. The summed E-state index contributed by atoms with van der Waals surface area (Å²) in [6.07, 6.45) is 1.03. The van der Waals surface area contributed by atoms with Gasteiger partial charge < -0.3 is 10.0 Å². The molecule has 1 aromatic rings. The lowest BCUT2D eigenvalue weighted by atomic mass is 10.2. The molecule has 1 saturated heterocycles. The highest BCUT2D eigenvalue weighted by atomic mass is 16.4. The van der Waals surface area contributed by atoms with Crippen LogP contribution >= 0.6 is 0 Å². The molecule has 0 aromatic carbocycles. The highest BCUT2D eigenvalue weighted by Crippen LogP contribution is 2.09. The average molecular weight is 224 g/mol. The first-order valence-corrected chi connectivity index (χ1v) is 5.00. The van der Waals surface area contributed by atoms with E-state index in [2.05, 4.69) is 10.3 Å². The molecule has 1 N–H and O–H groups in total. The first kappa shape index (κ1) is 10.6. The Labute approximate surface area is 91.7 Å². The quantitative estimate of drug-likeness (QED) is 0.748. The predicted octanol–water partition coefficient (Wildman–Crippen LogP) is -0.483. The van der Waals surface area contributed by atoms with Crippen LogP contribution in [0, 0.1) is 6.92 Å². The van der Waals surface area contributed by atoms with E-state index in [9.17, 15) is 9.59 Å². The predicted molar refractivity (Wildman–Crippen MR) is 52.9 cm³/mol. The number of aromatic carboxylic acids is 1. The summed E-state index contributed by atoms with van der Waals surface area (Å²) in [4.78, 5) is 24.0. The van der Waals surface area contributed by atoms with Crippen molar-refractivity contribution in [3.63, 3.8) is 0 Å². The third-order valence-electron chi connectivity index (χ3n) is 2.68. The van der Waals surface area contributed by atoms with Gasteiger partial charge in [-0.15, -0.1) is 5.10 Å². The molecule has 0 saturated carbocycles. The Morgan fingerprint density at radius 2 is 2.12 bits per heavy atom. The van der Waals surface area contributed by atoms with Crippen molar-refractivity contribution in [1.82, 2.24) is 19.9 Å². The lowest BCUT2D eigenvalue weighted by Gasteiger charge is -2.30. The molecular formula is C9H12N4O3. The van der Waals surface area contributed by atoms with E-state index >= 15 is 0 Å².